The molecule has 0 fully saturated rings. The van der Waals surface area contributed by atoms with Gasteiger partial charge in [-0.3, -0.25) is 14.4 Å². The highest BCUT2D eigenvalue weighted by molar-refractivity contribution is 5.95. The second-order valence-corrected chi connectivity index (χ2v) is 10.4. The molecule has 6 N–H and O–H groups in total. The molecule has 218 valence electrons. The quantitative estimate of drug-likeness (QED) is 0.115. The topological polar surface area (TPSA) is 151 Å². The molecule has 2 atom stereocenters. The van der Waals surface area contributed by atoms with Crippen molar-refractivity contribution in [3.05, 3.63) is 90.0 Å². The predicted octanol–water partition coefficient (Wildman–Crippen LogP) is 2.46. The van der Waals surface area contributed by atoms with Gasteiger partial charge in [-0.2, -0.15) is 0 Å². The van der Waals surface area contributed by atoms with E-state index in [0.717, 1.165) is 21.9 Å². The van der Waals surface area contributed by atoms with E-state index >= 15 is 0 Å². The fourth-order valence-electron chi connectivity index (χ4n) is 4.62. The maximum atomic E-state index is 14.1. The molecule has 10 heteroatoms. The summed E-state index contributed by atoms with van der Waals surface area (Å²) < 4.78 is 0. The normalized spacial score (nSPS) is 13.0. The van der Waals surface area contributed by atoms with E-state index in [1.165, 1.54) is 30.0 Å². The van der Waals surface area contributed by atoms with Gasteiger partial charge in [-0.1, -0.05) is 60.7 Å². The minimum atomic E-state index is -0.982. The van der Waals surface area contributed by atoms with E-state index in [0.29, 0.717) is 0 Å². The first kappa shape index (κ1) is 31.3. The van der Waals surface area contributed by atoms with Gasteiger partial charge in [0.05, 0.1) is 5.66 Å². The molecule has 0 radical (unpaired) electrons. The summed E-state index contributed by atoms with van der Waals surface area (Å²) >= 11 is 0. The van der Waals surface area contributed by atoms with Crippen LogP contribution in [0.2, 0.25) is 0 Å². The van der Waals surface area contributed by atoms with Gasteiger partial charge in [0, 0.05) is 34.0 Å². The van der Waals surface area contributed by atoms with Crippen LogP contribution in [-0.4, -0.2) is 71.7 Å². The van der Waals surface area contributed by atoms with Gasteiger partial charge in [-0.15, -0.1) is 0 Å². The van der Waals surface area contributed by atoms with Gasteiger partial charge in [-0.05, 0) is 53.5 Å². The molecule has 0 aromatic heterocycles. The standard InChI is InChI=1S/C31H39N5O5/c1-31(32,33)18-8-13-28(37)35(3)27(19-21-14-16-24(41-40)17-15-21)30(39)36(4)26(29(38)34-2)20-23-11-7-10-22-9-5-6-12-25(22)23/h5-17,26-27,40H,18-20,32-33H2,1-4H3,(H,34,38)/b13-8+. The van der Waals surface area contributed by atoms with Crippen molar-refractivity contribution in [1.82, 2.24) is 15.1 Å². The molecular formula is C31H39N5O5. The minimum Gasteiger partial charge on any atom is -0.357 e. The van der Waals surface area contributed by atoms with Crippen molar-refractivity contribution in [2.24, 2.45) is 11.5 Å². The highest BCUT2D eigenvalue weighted by atomic mass is 17.1. The Hall–Kier alpha value is -4.25. The number of fused-ring (bicyclic) bond motifs is 1. The molecule has 2 unspecified atom stereocenters. The highest BCUT2D eigenvalue weighted by Crippen LogP contribution is 2.22. The van der Waals surface area contributed by atoms with Gasteiger partial charge in [0.25, 0.3) is 0 Å². The number of nitrogens with two attached hydrogens (primary N) is 2. The number of likely N-dealkylation sites (N-methyl/N-ethyl adjacent to an activating group) is 3. The Balaban J connectivity index is 1.94. The molecular weight excluding hydrogens is 522 g/mol. The Labute approximate surface area is 240 Å². The molecule has 0 saturated heterocycles. The second-order valence-electron chi connectivity index (χ2n) is 10.4. The van der Waals surface area contributed by atoms with Crippen molar-refractivity contribution in [1.29, 1.82) is 0 Å². The molecule has 3 rings (SSSR count). The number of amides is 3. The van der Waals surface area contributed by atoms with Crippen LogP contribution in [0, 0.1) is 0 Å². The number of benzene rings is 3. The number of carbonyl (C=O) groups is 3. The summed E-state index contributed by atoms with van der Waals surface area (Å²) in [6.07, 6.45) is 3.61. The average molecular weight is 562 g/mol. The summed E-state index contributed by atoms with van der Waals surface area (Å²) in [6, 6.07) is 18.5. The van der Waals surface area contributed by atoms with Crippen molar-refractivity contribution in [3.8, 4) is 5.75 Å². The van der Waals surface area contributed by atoms with Crippen molar-refractivity contribution < 1.29 is 24.5 Å². The monoisotopic (exact) mass is 561 g/mol. The van der Waals surface area contributed by atoms with Gasteiger partial charge in [-0.25, -0.2) is 5.26 Å². The summed E-state index contributed by atoms with van der Waals surface area (Å²) in [5, 5.41) is 13.6. The maximum absolute atomic E-state index is 14.1. The van der Waals surface area contributed by atoms with Crippen LogP contribution < -0.4 is 21.7 Å². The third kappa shape index (κ3) is 8.37. The van der Waals surface area contributed by atoms with Crippen LogP contribution in [-0.2, 0) is 27.2 Å². The molecule has 3 aromatic rings. The van der Waals surface area contributed by atoms with Crippen molar-refractivity contribution >= 4 is 28.5 Å². The van der Waals surface area contributed by atoms with Crippen LogP contribution in [0.4, 0.5) is 0 Å². The Kier molecular flexibility index (Phi) is 10.6. The molecule has 3 amide bonds. The number of hydrogen-bond donors (Lipinski definition) is 4. The van der Waals surface area contributed by atoms with Gasteiger partial charge in [0.15, 0.2) is 5.75 Å². The van der Waals surface area contributed by atoms with Gasteiger partial charge in [0.1, 0.15) is 12.1 Å². The Morgan fingerprint density at radius 1 is 0.951 bits per heavy atom. The average Bonchev–Trinajstić information content (AvgIpc) is 2.96. The zero-order valence-electron chi connectivity index (χ0n) is 23.9. The van der Waals surface area contributed by atoms with Crippen molar-refractivity contribution in [3.63, 3.8) is 0 Å². The van der Waals surface area contributed by atoms with Crippen LogP contribution in [0.25, 0.3) is 10.8 Å². The first-order chi connectivity index (χ1) is 19.4. The molecule has 0 saturated carbocycles. The molecule has 0 spiro atoms. The van der Waals surface area contributed by atoms with Crippen LogP contribution in [0.3, 0.4) is 0 Å². The molecule has 3 aromatic carbocycles. The van der Waals surface area contributed by atoms with Crippen molar-refractivity contribution in [2.75, 3.05) is 21.1 Å². The molecule has 0 aliphatic heterocycles. The smallest absolute Gasteiger partial charge is 0.246 e. The fourth-order valence-corrected chi connectivity index (χ4v) is 4.62. The maximum Gasteiger partial charge on any atom is 0.246 e. The zero-order chi connectivity index (χ0) is 30.2. The number of hydrogen-bond acceptors (Lipinski definition) is 7. The van der Waals surface area contributed by atoms with Gasteiger partial charge >= 0.3 is 0 Å². The summed E-state index contributed by atoms with van der Waals surface area (Å²) in [6.45, 7) is 1.64. The summed E-state index contributed by atoms with van der Waals surface area (Å²) in [7, 11) is 4.64. The van der Waals surface area contributed by atoms with E-state index < -0.39 is 29.6 Å². The van der Waals surface area contributed by atoms with Gasteiger partial charge in [0.2, 0.25) is 17.7 Å². The number of carbonyl (C=O) groups excluding carboxylic acids is 3. The molecule has 10 nitrogen and oxygen atoms in total. The summed E-state index contributed by atoms with van der Waals surface area (Å²) in [5.41, 5.74) is 12.3. The molecule has 41 heavy (non-hydrogen) atoms. The third-order valence-electron chi connectivity index (χ3n) is 7.03. The summed E-state index contributed by atoms with van der Waals surface area (Å²) in [5.74, 6) is -0.909. The van der Waals surface area contributed by atoms with Crippen molar-refractivity contribution in [2.45, 2.75) is 43.9 Å². The van der Waals surface area contributed by atoms with E-state index in [1.807, 2.05) is 42.5 Å². The largest absolute Gasteiger partial charge is 0.357 e. The van der Waals surface area contributed by atoms with E-state index in [-0.39, 0.29) is 30.9 Å². The number of nitrogens with one attached hydrogen (secondary N) is 1. The third-order valence-corrected chi connectivity index (χ3v) is 7.03. The fraction of sp³-hybridized carbons (Fsp3) is 0.323. The van der Waals surface area contributed by atoms with Crippen LogP contribution in [0.15, 0.2) is 78.9 Å². The van der Waals surface area contributed by atoms with E-state index in [9.17, 15) is 14.4 Å². The highest BCUT2D eigenvalue weighted by Gasteiger charge is 2.34. The second kappa shape index (κ2) is 13.9. The van der Waals surface area contributed by atoms with Crippen LogP contribution in [0.1, 0.15) is 24.5 Å². The SMILES string of the molecule is CNC(=O)C(Cc1cccc2ccccc12)N(C)C(=O)C(Cc1ccc(OO)cc1)N(C)C(=O)/C=C/CC(C)(N)N. The molecule has 0 bridgehead atoms. The van der Waals surface area contributed by atoms with Crippen LogP contribution in [0.5, 0.6) is 5.75 Å². The lowest BCUT2D eigenvalue weighted by Crippen LogP contribution is -2.55. The lowest BCUT2D eigenvalue weighted by atomic mass is 9.96. The lowest BCUT2D eigenvalue weighted by molar-refractivity contribution is -0.146. The number of nitrogens with zero attached hydrogens (tertiary/aromatic N) is 2. The molecule has 0 heterocycles. The van der Waals surface area contributed by atoms with Gasteiger partial charge < -0.3 is 31.5 Å². The first-order valence-electron chi connectivity index (χ1n) is 13.3. The lowest BCUT2D eigenvalue weighted by Gasteiger charge is -2.34. The first-order valence-corrected chi connectivity index (χ1v) is 13.3. The van der Waals surface area contributed by atoms with Crippen LogP contribution >= 0.6 is 0 Å². The molecule has 0 aliphatic carbocycles. The summed E-state index contributed by atoms with van der Waals surface area (Å²) in [4.78, 5) is 47.4. The number of rotatable bonds is 12. The van der Waals surface area contributed by atoms with E-state index in [4.69, 9.17) is 16.7 Å². The Bertz CT molecular complexity index is 1380. The zero-order valence-corrected chi connectivity index (χ0v) is 23.9. The minimum absolute atomic E-state index is 0.158. The predicted molar refractivity (Wildman–Crippen MR) is 159 cm³/mol. The Morgan fingerprint density at radius 2 is 1.61 bits per heavy atom. The van der Waals surface area contributed by atoms with E-state index in [1.54, 1.807) is 44.3 Å². The van der Waals surface area contributed by atoms with E-state index in [2.05, 4.69) is 10.2 Å². The molecule has 0 aliphatic rings. The Morgan fingerprint density at radius 3 is 2.24 bits per heavy atom.